The van der Waals surface area contributed by atoms with E-state index in [1.807, 2.05) is 31.2 Å². The topological polar surface area (TPSA) is 41.9 Å². The highest BCUT2D eigenvalue weighted by Crippen LogP contribution is 2.27. The molecule has 1 aliphatic rings. The van der Waals surface area contributed by atoms with Gasteiger partial charge in [0.05, 0.1) is 12.7 Å². The zero-order valence-electron chi connectivity index (χ0n) is 13.3. The number of aliphatic hydroxyl groups is 1. The van der Waals surface area contributed by atoms with Gasteiger partial charge >= 0.3 is 0 Å². The van der Waals surface area contributed by atoms with Crippen molar-refractivity contribution in [3.8, 4) is 5.75 Å². The molecular formula is C17H27NO3. The van der Waals surface area contributed by atoms with Crippen molar-refractivity contribution in [1.29, 1.82) is 0 Å². The van der Waals surface area contributed by atoms with Crippen molar-refractivity contribution in [2.75, 3.05) is 26.3 Å². The van der Waals surface area contributed by atoms with Crippen molar-refractivity contribution in [3.05, 3.63) is 29.8 Å². The molecule has 0 radical (unpaired) electrons. The summed E-state index contributed by atoms with van der Waals surface area (Å²) < 4.78 is 11.7. The first-order chi connectivity index (χ1) is 10.1. The molecule has 4 heteroatoms. The van der Waals surface area contributed by atoms with E-state index in [2.05, 4.69) is 18.7 Å². The van der Waals surface area contributed by atoms with E-state index >= 15 is 0 Å². The zero-order chi connectivity index (χ0) is 15.2. The lowest BCUT2D eigenvalue weighted by Gasteiger charge is -2.35. The molecule has 1 heterocycles. The average molecular weight is 293 g/mol. The van der Waals surface area contributed by atoms with Gasteiger partial charge in [0.2, 0.25) is 0 Å². The molecule has 2 atom stereocenters. The molecule has 0 bridgehead atoms. The molecule has 1 fully saturated rings. The average Bonchev–Trinajstić information content (AvgIpc) is 2.52. The first-order valence-corrected chi connectivity index (χ1v) is 7.87. The van der Waals surface area contributed by atoms with E-state index in [-0.39, 0.29) is 6.10 Å². The molecule has 1 unspecified atom stereocenters. The van der Waals surface area contributed by atoms with E-state index in [9.17, 15) is 5.11 Å². The molecule has 1 aromatic carbocycles. The van der Waals surface area contributed by atoms with Crippen LogP contribution in [-0.2, 0) is 4.74 Å². The van der Waals surface area contributed by atoms with Gasteiger partial charge in [-0.05, 0) is 26.3 Å². The van der Waals surface area contributed by atoms with E-state index in [0.717, 1.165) is 31.0 Å². The van der Waals surface area contributed by atoms with Crippen LogP contribution in [0.25, 0.3) is 0 Å². The number of rotatable bonds is 6. The molecule has 0 aliphatic carbocycles. The Bertz CT molecular complexity index is 436. The van der Waals surface area contributed by atoms with E-state index in [1.54, 1.807) is 0 Å². The van der Waals surface area contributed by atoms with Crippen molar-refractivity contribution in [2.45, 2.75) is 45.4 Å². The van der Waals surface area contributed by atoms with Crippen LogP contribution < -0.4 is 4.74 Å². The first kappa shape index (κ1) is 16.3. The van der Waals surface area contributed by atoms with Crippen molar-refractivity contribution in [3.63, 3.8) is 0 Å². The monoisotopic (exact) mass is 293 g/mol. The number of benzene rings is 1. The summed E-state index contributed by atoms with van der Waals surface area (Å²) in [6.07, 6.45) is 0.301. The van der Waals surface area contributed by atoms with E-state index in [0.29, 0.717) is 19.1 Å². The van der Waals surface area contributed by atoms with Gasteiger partial charge in [-0.3, -0.25) is 4.90 Å². The molecule has 0 saturated carbocycles. The maximum absolute atomic E-state index is 10.0. The maximum atomic E-state index is 10.0. The Morgan fingerprint density at radius 3 is 2.86 bits per heavy atom. The molecule has 0 aromatic heterocycles. The number of aliphatic hydroxyl groups excluding tert-OH is 1. The Balaban J connectivity index is 1.94. The number of nitrogens with zero attached hydrogens (tertiary/aromatic N) is 1. The molecular weight excluding hydrogens is 266 g/mol. The van der Waals surface area contributed by atoms with Crippen LogP contribution in [0.1, 0.15) is 38.9 Å². The summed E-state index contributed by atoms with van der Waals surface area (Å²) >= 11 is 0. The van der Waals surface area contributed by atoms with Crippen LogP contribution in [0.5, 0.6) is 5.75 Å². The largest absolute Gasteiger partial charge is 0.490 e. The number of para-hydroxylation sites is 1. The fraction of sp³-hybridized carbons (Fsp3) is 0.647. The molecule has 4 nitrogen and oxygen atoms in total. The second-order valence-electron chi connectivity index (χ2n) is 5.85. The van der Waals surface area contributed by atoms with Crippen molar-refractivity contribution < 1.29 is 14.6 Å². The standard InChI is InChI=1S/C17H27NO3/c1-4-16(19)15-7-5-6-8-17(15)21-12-14-11-18(13(2)3)9-10-20-14/h5-8,13-14,16,19H,4,9-12H2,1-3H3/t14?,16-/m0/s1. The smallest absolute Gasteiger partial charge is 0.125 e. The number of morpholine rings is 1. The van der Waals surface area contributed by atoms with Gasteiger partial charge in [-0.25, -0.2) is 0 Å². The fourth-order valence-corrected chi connectivity index (χ4v) is 2.60. The van der Waals surface area contributed by atoms with Crippen LogP contribution in [0.15, 0.2) is 24.3 Å². The third-order valence-corrected chi connectivity index (χ3v) is 3.99. The highest BCUT2D eigenvalue weighted by molar-refractivity contribution is 5.35. The lowest BCUT2D eigenvalue weighted by molar-refractivity contribution is -0.0567. The summed E-state index contributed by atoms with van der Waals surface area (Å²) in [7, 11) is 0. The molecule has 1 saturated heterocycles. The van der Waals surface area contributed by atoms with Crippen LogP contribution in [0.2, 0.25) is 0 Å². The number of hydrogen-bond acceptors (Lipinski definition) is 4. The third kappa shape index (κ3) is 4.43. The van der Waals surface area contributed by atoms with E-state index in [1.165, 1.54) is 0 Å². The molecule has 0 spiro atoms. The predicted molar refractivity (Wildman–Crippen MR) is 83.6 cm³/mol. The van der Waals surface area contributed by atoms with Crippen LogP contribution in [-0.4, -0.2) is 48.5 Å². The Morgan fingerprint density at radius 1 is 1.38 bits per heavy atom. The first-order valence-electron chi connectivity index (χ1n) is 7.87. The van der Waals surface area contributed by atoms with Crippen LogP contribution in [0.3, 0.4) is 0 Å². The number of hydrogen-bond donors (Lipinski definition) is 1. The normalized spacial score (nSPS) is 21.5. The lowest BCUT2D eigenvalue weighted by Crippen LogP contribution is -2.47. The highest BCUT2D eigenvalue weighted by Gasteiger charge is 2.23. The van der Waals surface area contributed by atoms with Crippen molar-refractivity contribution in [2.24, 2.45) is 0 Å². The summed E-state index contributed by atoms with van der Waals surface area (Å²) in [5.41, 5.74) is 0.858. The SMILES string of the molecule is CC[C@H](O)c1ccccc1OCC1CN(C(C)C)CCO1. The van der Waals surface area contributed by atoms with Gasteiger partial charge in [0.25, 0.3) is 0 Å². The number of ether oxygens (including phenoxy) is 2. The van der Waals surface area contributed by atoms with E-state index in [4.69, 9.17) is 9.47 Å². The van der Waals surface area contributed by atoms with E-state index < -0.39 is 6.10 Å². The van der Waals surface area contributed by atoms with Gasteiger partial charge < -0.3 is 14.6 Å². The second-order valence-corrected chi connectivity index (χ2v) is 5.85. The Kier molecular flexibility index (Phi) is 6.03. The Hall–Kier alpha value is -1.10. The van der Waals surface area contributed by atoms with Gasteiger partial charge in [0.15, 0.2) is 0 Å². The quantitative estimate of drug-likeness (QED) is 0.875. The predicted octanol–water partition coefficient (Wildman–Crippen LogP) is 2.62. The molecule has 1 N–H and O–H groups in total. The lowest BCUT2D eigenvalue weighted by atomic mass is 10.1. The van der Waals surface area contributed by atoms with Crippen LogP contribution in [0, 0.1) is 0 Å². The van der Waals surface area contributed by atoms with Gasteiger partial charge in [0.1, 0.15) is 18.5 Å². The molecule has 1 aliphatic heterocycles. The van der Waals surface area contributed by atoms with Crippen LogP contribution >= 0.6 is 0 Å². The minimum absolute atomic E-state index is 0.0907. The highest BCUT2D eigenvalue weighted by atomic mass is 16.5. The van der Waals surface area contributed by atoms with Crippen molar-refractivity contribution >= 4 is 0 Å². The van der Waals surface area contributed by atoms with Gasteiger partial charge in [-0.1, -0.05) is 25.1 Å². The fourth-order valence-electron chi connectivity index (χ4n) is 2.60. The summed E-state index contributed by atoms with van der Waals surface area (Å²) in [5.74, 6) is 0.761. The minimum atomic E-state index is -0.472. The van der Waals surface area contributed by atoms with Gasteiger partial charge in [0, 0.05) is 24.7 Å². The maximum Gasteiger partial charge on any atom is 0.125 e. The van der Waals surface area contributed by atoms with Gasteiger partial charge in [-0.15, -0.1) is 0 Å². The van der Waals surface area contributed by atoms with Gasteiger partial charge in [-0.2, -0.15) is 0 Å². The van der Waals surface area contributed by atoms with Crippen molar-refractivity contribution in [1.82, 2.24) is 4.90 Å². The Labute approximate surface area is 127 Å². The second kappa shape index (κ2) is 7.78. The molecule has 1 aromatic rings. The minimum Gasteiger partial charge on any atom is -0.490 e. The molecule has 118 valence electrons. The summed E-state index contributed by atoms with van der Waals surface area (Å²) in [4.78, 5) is 2.41. The zero-order valence-corrected chi connectivity index (χ0v) is 13.3. The molecule has 21 heavy (non-hydrogen) atoms. The third-order valence-electron chi connectivity index (χ3n) is 3.99. The summed E-state index contributed by atoms with van der Waals surface area (Å²) in [6.45, 7) is 9.54. The van der Waals surface area contributed by atoms with Crippen LogP contribution in [0.4, 0.5) is 0 Å². The Morgan fingerprint density at radius 2 is 2.14 bits per heavy atom. The summed E-state index contributed by atoms with van der Waals surface area (Å²) in [6, 6.07) is 8.23. The molecule has 2 rings (SSSR count). The molecule has 0 amide bonds. The summed E-state index contributed by atoms with van der Waals surface area (Å²) in [5, 5.41) is 10.0.